The number of ether oxygens (including phenoxy) is 1. The number of hydrogen-bond acceptors (Lipinski definition) is 2. The largest absolute Gasteiger partial charge is 0.489 e. The molecule has 2 N–H and O–H groups in total. The highest BCUT2D eigenvalue weighted by Gasteiger charge is 2.52. The van der Waals surface area contributed by atoms with Gasteiger partial charge < -0.3 is 10.5 Å². The number of primary amides is 1. The van der Waals surface area contributed by atoms with Crippen molar-refractivity contribution in [1.29, 1.82) is 0 Å². The van der Waals surface area contributed by atoms with Crippen molar-refractivity contribution < 1.29 is 13.9 Å². The van der Waals surface area contributed by atoms with E-state index in [4.69, 9.17) is 10.5 Å². The van der Waals surface area contributed by atoms with Gasteiger partial charge in [-0.3, -0.25) is 4.79 Å². The Morgan fingerprint density at radius 2 is 1.75 bits per heavy atom. The van der Waals surface area contributed by atoms with Gasteiger partial charge in [0.15, 0.2) is 0 Å². The molecule has 2 bridgehead atoms. The quantitative estimate of drug-likeness (QED) is 0.839. The summed E-state index contributed by atoms with van der Waals surface area (Å²) in [7, 11) is 0. The van der Waals surface area contributed by atoms with E-state index >= 15 is 0 Å². The Morgan fingerprint density at radius 3 is 2.21 bits per heavy atom. The van der Waals surface area contributed by atoms with E-state index in [0.29, 0.717) is 24.9 Å². The number of carbonyl (C=O) groups is 1. The van der Waals surface area contributed by atoms with E-state index in [2.05, 4.69) is 12.1 Å². The van der Waals surface area contributed by atoms with Crippen LogP contribution in [-0.4, -0.2) is 12.5 Å². The van der Waals surface area contributed by atoms with Crippen LogP contribution in [0.5, 0.6) is 5.75 Å². The molecule has 4 rings (SSSR count). The Hall–Kier alpha value is -1.84. The number of carbonyl (C=O) groups excluding carboxylic acids is 1. The minimum atomic E-state index is -0.250. The summed E-state index contributed by atoms with van der Waals surface area (Å²) in [4.78, 5) is 11.8. The molecule has 0 radical (unpaired) electrons. The van der Waals surface area contributed by atoms with Gasteiger partial charge >= 0.3 is 0 Å². The number of rotatable bonds is 6. The summed E-state index contributed by atoms with van der Waals surface area (Å²) in [5.74, 6) is 0.647. The smallest absolute Gasteiger partial charge is 0.223 e. The molecule has 24 heavy (non-hydrogen) atoms. The third kappa shape index (κ3) is 2.94. The molecule has 0 aromatic heterocycles. The van der Waals surface area contributed by atoms with Gasteiger partial charge in [-0.2, -0.15) is 0 Å². The van der Waals surface area contributed by atoms with Crippen molar-refractivity contribution in [3.63, 3.8) is 0 Å². The minimum absolute atomic E-state index is 0.118. The number of nitrogens with two attached hydrogens (primary N) is 1. The van der Waals surface area contributed by atoms with Gasteiger partial charge in [-0.25, -0.2) is 4.39 Å². The molecule has 3 aliphatic rings. The van der Waals surface area contributed by atoms with Gasteiger partial charge in [0.2, 0.25) is 5.91 Å². The topological polar surface area (TPSA) is 52.3 Å². The van der Waals surface area contributed by atoms with E-state index in [1.165, 1.54) is 5.56 Å². The maximum atomic E-state index is 12.6. The second-order valence-corrected chi connectivity index (χ2v) is 7.36. The molecule has 0 saturated heterocycles. The van der Waals surface area contributed by atoms with Crippen molar-refractivity contribution in [3.05, 3.63) is 41.7 Å². The molecular formula is C20H26FNO2. The van der Waals surface area contributed by atoms with Crippen LogP contribution in [0.2, 0.25) is 0 Å². The first-order chi connectivity index (χ1) is 11.5. The van der Waals surface area contributed by atoms with Crippen molar-refractivity contribution in [3.8, 4) is 5.75 Å². The number of amides is 1. The zero-order chi connectivity index (χ0) is 17.2. The van der Waals surface area contributed by atoms with E-state index in [1.54, 1.807) is 0 Å². The molecule has 0 heterocycles. The molecule has 0 aliphatic heterocycles. The summed E-state index contributed by atoms with van der Waals surface area (Å²) in [5, 5.41) is 0. The summed E-state index contributed by atoms with van der Waals surface area (Å²) in [6, 6.07) is 8.20. The first-order valence-corrected chi connectivity index (χ1v) is 8.85. The highest BCUT2D eigenvalue weighted by molar-refractivity contribution is 5.81. The minimum Gasteiger partial charge on any atom is -0.489 e. The highest BCUT2D eigenvalue weighted by Crippen LogP contribution is 2.57. The Kier molecular flexibility index (Phi) is 4.66. The molecule has 1 aromatic rings. The summed E-state index contributed by atoms with van der Waals surface area (Å²) < 4.78 is 18.2. The van der Waals surface area contributed by atoms with Crippen LogP contribution in [-0.2, 0) is 10.2 Å². The average molecular weight is 331 g/mol. The molecule has 130 valence electrons. The molecule has 3 saturated carbocycles. The molecule has 1 aromatic carbocycles. The summed E-state index contributed by atoms with van der Waals surface area (Å²) in [6.45, 7) is 2.20. The number of fused-ring (bicyclic) bond motifs is 3. The molecule has 0 atom stereocenters. The van der Waals surface area contributed by atoms with Crippen LogP contribution >= 0.6 is 0 Å². The SMILES string of the molecule is CC/C(=C\F)COc1ccc(C23CCC(C(N)=O)(CC2)CC3)cc1. The van der Waals surface area contributed by atoms with E-state index in [9.17, 15) is 9.18 Å². The standard InChI is InChI=1S/C20H26FNO2/c1-2-15(13-21)14-24-17-5-3-16(4-6-17)19-7-10-20(11-8-19,12-9-19)18(22)23/h3-6,13H,2,7-12,14H2,1H3,(H2,22,23)/b15-13+. The maximum Gasteiger partial charge on any atom is 0.223 e. The van der Waals surface area contributed by atoms with Crippen molar-refractivity contribution in [1.82, 2.24) is 0 Å². The van der Waals surface area contributed by atoms with Crippen LogP contribution in [0, 0.1) is 5.41 Å². The fraction of sp³-hybridized carbons (Fsp3) is 0.550. The van der Waals surface area contributed by atoms with Gasteiger partial charge in [-0.05, 0) is 73.6 Å². The average Bonchev–Trinajstić information content (AvgIpc) is 2.64. The van der Waals surface area contributed by atoms with Gasteiger partial charge in [0.25, 0.3) is 0 Å². The molecule has 0 unspecified atom stereocenters. The molecule has 3 fully saturated rings. The first kappa shape index (κ1) is 17.0. The third-order valence-electron chi connectivity index (χ3n) is 6.27. The predicted molar refractivity (Wildman–Crippen MR) is 92.4 cm³/mol. The molecule has 4 heteroatoms. The van der Waals surface area contributed by atoms with E-state index in [0.717, 1.165) is 44.3 Å². The highest BCUT2D eigenvalue weighted by atomic mass is 19.1. The second kappa shape index (κ2) is 6.58. The fourth-order valence-electron chi connectivity index (χ4n) is 4.28. The molecule has 3 nitrogen and oxygen atoms in total. The number of hydrogen-bond donors (Lipinski definition) is 1. The normalized spacial score (nSPS) is 29.5. The predicted octanol–water partition coefficient (Wildman–Crippen LogP) is 4.41. The first-order valence-electron chi connectivity index (χ1n) is 8.85. The van der Waals surface area contributed by atoms with Gasteiger partial charge in [-0.15, -0.1) is 0 Å². The van der Waals surface area contributed by atoms with Gasteiger partial charge in [-0.1, -0.05) is 19.1 Å². The van der Waals surface area contributed by atoms with Crippen LogP contribution in [0.3, 0.4) is 0 Å². The van der Waals surface area contributed by atoms with Crippen LogP contribution in [0.25, 0.3) is 0 Å². The van der Waals surface area contributed by atoms with E-state index in [1.807, 2.05) is 19.1 Å². The van der Waals surface area contributed by atoms with E-state index in [-0.39, 0.29) is 16.7 Å². The summed E-state index contributed by atoms with van der Waals surface area (Å²) >= 11 is 0. The summed E-state index contributed by atoms with van der Waals surface area (Å²) in [5.41, 5.74) is 7.54. The lowest BCUT2D eigenvalue weighted by atomic mass is 9.51. The zero-order valence-electron chi connectivity index (χ0n) is 14.3. The molecule has 0 spiro atoms. The zero-order valence-corrected chi connectivity index (χ0v) is 14.3. The van der Waals surface area contributed by atoms with Crippen molar-refractivity contribution in [2.45, 2.75) is 57.3 Å². The van der Waals surface area contributed by atoms with Crippen molar-refractivity contribution in [2.24, 2.45) is 11.1 Å². The second-order valence-electron chi connectivity index (χ2n) is 7.36. The third-order valence-corrected chi connectivity index (χ3v) is 6.27. The Labute approximate surface area is 143 Å². The number of benzene rings is 1. The van der Waals surface area contributed by atoms with Gasteiger partial charge in [0, 0.05) is 5.41 Å². The Bertz CT molecular complexity index is 611. The molecule has 3 aliphatic carbocycles. The Balaban J connectivity index is 1.68. The van der Waals surface area contributed by atoms with Gasteiger partial charge in [0.05, 0.1) is 6.33 Å². The maximum absolute atomic E-state index is 12.6. The molecule has 1 amide bonds. The lowest BCUT2D eigenvalue weighted by molar-refractivity contribution is -0.134. The molecular weight excluding hydrogens is 305 g/mol. The monoisotopic (exact) mass is 331 g/mol. The van der Waals surface area contributed by atoms with Gasteiger partial charge in [0.1, 0.15) is 12.4 Å². The van der Waals surface area contributed by atoms with Crippen LogP contribution in [0.1, 0.15) is 57.4 Å². The van der Waals surface area contributed by atoms with Crippen LogP contribution in [0.4, 0.5) is 4.39 Å². The lowest BCUT2D eigenvalue weighted by Crippen LogP contribution is -2.50. The van der Waals surface area contributed by atoms with Crippen molar-refractivity contribution in [2.75, 3.05) is 6.61 Å². The van der Waals surface area contributed by atoms with Crippen LogP contribution in [0.15, 0.2) is 36.2 Å². The summed E-state index contributed by atoms with van der Waals surface area (Å²) in [6.07, 6.45) is 7.08. The van der Waals surface area contributed by atoms with E-state index < -0.39 is 0 Å². The number of halogens is 1. The lowest BCUT2D eigenvalue weighted by Gasteiger charge is -2.52. The Morgan fingerprint density at radius 1 is 1.17 bits per heavy atom. The van der Waals surface area contributed by atoms with Crippen molar-refractivity contribution >= 4 is 5.91 Å². The fourth-order valence-corrected chi connectivity index (χ4v) is 4.28. The van der Waals surface area contributed by atoms with Crippen LogP contribution < -0.4 is 10.5 Å².